The predicted octanol–water partition coefficient (Wildman–Crippen LogP) is 3.16. The summed E-state index contributed by atoms with van der Waals surface area (Å²) in [6.45, 7) is 8.17. The van der Waals surface area contributed by atoms with Crippen LogP contribution in [0.5, 0.6) is 0 Å². The summed E-state index contributed by atoms with van der Waals surface area (Å²) in [6, 6.07) is 32.7. The van der Waals surface area contributed by atoms with Crippen LogP contribution in [0.2, 0.25) is 0 Å². The number of benzene rings is 3. The second-order valence-corrected chi connectivity index (χ2v) is 13.8. The van der Waals surface area contributed by atoms with Gasteiger partial charge in [0.25, 0.3) is 0 Å². The zero-order valence-electron chi connectivity index (χ0n) is 22.1. The number of carbonyl (C=O) groups excluding carboxylic acids is 1. The van der Waals surface area contributed by atoms with Crippen molar-refractivity contribution in [2.24, 2.45) is 5.41 Å². The van der Waals surface area contributed by atoms with Crippen LogP contribution in [0, 0.1) is 5.41 Å². The molecule has 0 bridgehead atoms. The molecular formula is C33H36BrO2P. The van der Waals surface area contributed by atoms with Gasteiger partial charge in [-0.25, -0.2) is 0 Å². The maximum atomic E-state index is 12.4. The maximum absolute atomic E-state index is 12.4. The van der Waals surface area contributed by atoms with E-state index in [-0.39, 0.29) is 28.2 Å². The molecule has 2 nitrogen and oxygen atoms in total. The Morgan fingerprint density at radius 2 is 1.32 bits per heavy atom. The van der Waals surface area contributed by atoms with E-state index in [1.165, 1.54) is 15.9 Å². The first kappa shape index (κ1) is 29.0. The van der Waals surface area contributed by atoms with E-state index >= 15 is 0 Å². The SMILES string of the molecule is CC(C=CC1=C(C)C(=O)C(O)CC1(C)C)=CC[P+](c1ccccc1)(c1ccccc1)c1ccccc1.[Br-]. The second kappa shape index (κ2) is 12.3. The standard InChI is InChI=1S/C33H36O2P.BrH/c1-25(20-21-30-26(2)32(35)31(34)24-33(30,3)4)22-23-36(27-14-8-5-9-15-27,28-16-10-6-11-17-28)29-18-12-7-13-19-29;/h5-22,31,34H,23-24H2,1-4H3;1H/q+1;/p-1. The van der Waals surface area contributed by atoms with Gasteiger partial charge in [-0.3, -0.25) is 4.79 Å². The highest BCUT2D eigenvalue weighted by atomic mass is 79.9. The molecule has 0 spiro atoms. The van der Waals surface area contributed by atoms with E-state index in [0.29, 0.717) is 12.0 Å². The van der Waals surface area contributed by atoms with Crippen molar-refractivity contribution >= 4 is 29.0 Å². The van der Waals surface area contributed by atoms with E-state index in [0.717, 1.165) is 17.3 Å². The van der Waals surface area contributed by atoms with Gasteiger partial charge in [-0.05, 0) is 79.3 Å². The lowest BCUT2D eigenvalue weighted by Gasteiger charge is -2.34. The van der Waals surface area contributed by atoms with Crippen molar-refractivity contribution < 1.29 is 26.9 Å². The molecule has 1 N–H and O–H groups in total. The Bertz CT molecular complexity index is 1200. The summed E-state index contributed by atoms with van der Waals surface area (Å²) in [5, 5.41) is 14.3. The Morgan fingerprint density at radius 1 is 0.892 bits per heavy atom. The Kier molecular flexibility index (Phi) is 9.64. The van der Waals surface area contributed by atoms with Gasteiger partial charge in [-0.2, -0.15) is 0 Å². The van der Waals surface area contributed by atoms with Crippen LogP contribution in [0.3, 0.4) is 0 Å². The monoisotopic (exact) mass is 574 g/mol. The first-order chi connectivity index (χ1) is 17.3. The van der Waals surface area contributed by atoms with Gasteiger partial charge in [0, 0.05) is 0 Å². The lowest BCUT2D eigenvalue weighted by Crippen LogP contribution is -3.00. The fourth-order valence-corrected chi connectivity index (χ4v) is 9.43. The first-order valence-electron chi connectivity index (χ1n) is 12.6. The summed E-state index contributed by atoms with van der Waals surface area (Å²) >= 11 is 0. The number of carbonyl (C=O) groups is 1. The molecule has 1 atom stereocenters. The topological polar surface area (TPSA) is 37.3 Å². The minimum Gasteiger partial charge on any atom is -1.00 e. The zero-order chi connectivity index (χ0) is 25.8. The van der Waals surface area contributed by atoms with Gasteiger partial charge in [0.1, 0.15) is 29.3 Å². The number of hydrogen-bond donors (Lipinski definition) is 1. The lowest BCUT2D eigenvalue weighted by molar-refractivity contribution is -0.125. The average molecular weight is 576 g/mol. The van der Waals surface area contributed by atoms with Crippen molar-refractivity contribution in [1.82, 2.24) is 0 Å². The van der Waals surface area contributed by atoms with Gasteiger partial charge in [0.05, 0.1) is 6.16 Å². The average Bonchev–Trinajstić information content (AvgIpc) is 2.89. The number of Topliss-reactive ketones (excluding diaryl/α,β-unsaturated/α-hetero) is 1. The van der Waals surface area contributed by atoms with E-state index in [2.05, 4.69) is 130 Å². The highest BCUT2D eigenvalue weighted by Gasteiger charge is 2.44. The maximum Gasteiger partial charge on any atom is 0.187 e. The quantitative estimate of drug-likeness (QED) is 0.348. The van der Waals surface area contributed by atoms with Crippen LogP contribution in [0.1, 0.15) is 34.1 Å². The number of hydrogen-bond acceptors (Lipinski definition) is 2. The van der Waals surface area contributed by atoms with Gasteiger partial charge >= 0.3 is 0 Å². The third kappa shape index (κ3) is 6.12. The minimum absolute atomic E-state index is 0. The number of rotatable bonds is 7. The van der Waals surface area contributed by atoms with Crippen molar-refractivity contribution in [3.8, 4) is 0 Å². The largest absolute Gasteiger partial charge is 1.00 e. The number of ketones is 1. The van der Waals surface area contributed by atoms with Crippen molar-refractivity contribution in [2.45, 2.75) is 40.2 Å². The fourth-order valence-electron chi connectivity index (χ4n) is 5.30. The normalized spacial score (nSPS) is 18.1. The van der Waals surface area contributed by atoms with E-state index in [4.69, 9.17) is 0 Å². The van der Waals surface area contributed by atoms with Crippen molar-refractivity contribution in [2.75, 3.05) is 6.16 Å². The Balaban J connectivity index is 0.00000380. The van der Waals surface area contributed by atoms with Gasteiger partial charge in [0.2, 0.25) is 0 Å². The fraction of sp³-hybridized carbons (Fsp3) is 0.242. The predicted molar refractivity (Wildman–Crippen MR) is 155 cm³/mol. The lowest BCUT2D eigenvalue weighted by atomic mass is 9.71. The van der Waals surface area contributed by atoms with Crippen LogP contribution in [0.25, 0.3) is 0 Å². The van der Waals surface area contributed by atoms with E-state index in [1.807, 2.05) is 6.92 Å². The number of aliphatic hydroxyl groups is 1. The minimum atomic E-state index is -1.93. The molecule has 0 radical (unpaired) electrons. The van der Waals surface area contributed by atoms with Crippen molar-refractivity contribution in [3.05, 3.63) is 126 Å². The van der Waals surface area contributed by atoms with Crippen LogP contribution in [-0.4, -0.2) is 23.2 Å². The first-order valence-corrected chi connectivity index (χ1v) is 14.6. The van der Waals surface area contributed by atoms with Gasteiger partial charge in [-0.15, -0.1) is 0 Å². The summed E-state index contributed by atoms with van der Waals surface area (Å²) in [5.74, 6) is -0.155. The Labute approximate surface area is 232 Å². The van der Waals surface area contributed by atoms with E-state index in [1.54, 1.807) is 0 Å². The molecule has 0 amide bonds. The highest BCUT2D eigenvalue weighted by molar-refractivity contribution is 7.95. The molecule has 3 aromatic carbocycles. The summed E-state index contributed by atoms with van der Waals surface area (Å²) < 4.78 is 0. The van der Waals surface area contributed by atoms with Crippen LogP contribution < -0.4 is 32.9 Å². The molecule has 37 heavy (non-hydrogen) atoms. The molecule has 0 aliphatic heterocycles. The molecule has 192 valence electrons. The molecule has 0 aromatic heterocycles. The van der Waals surface area contributed by atoms with Crippen LogP contribution in [0.4, 0.5) is 0 Å². The van der Waals surface area contributed by atoms with Gasteiger partial charge in [-0.1, -0.05) is 86.2 Å². The molecule has 1 aliphatic rings. The molecule has 0 saturated heterocycles. The Hall–Kier alpha value is -2.58. The van der Waals surface area contributed by atoms with Crippen LogP contribution in [-0.2, 0) is 4.79 Å². The smallest absolute Gasteiger partial charge is 0.187 e. The number of allylic oxidation sites excluding steroid dienone is 5. The van der Waals surface area contributed by atoms with Crippen molar-refractivity contribution in [1.29, 1.82) is 0 Å². The Morgan fingerprint density at radius 3 is 1.76 bits per heavy atom. The van der Waals surface area contributed by atoms with Gasteiger partial charge in [0.15, 0.2) is 5.78 Å². The molecule has 4 heteroatoms. The molecular weight excluding hydrogens is 539 g/mol. The molecule has 0 fully saturated rings. The molecule has 0 saturated carbocycles. The van der Waals surface area contributed by atoms with E-state index < -0.39 is 13.4 Å². The number of halogens is 1. The highest BCUT2D eigenvalue weighted by Crippen LogP contribution is 2.55. The molecule has 0 heterocycles. The van der Waals surface area contributed by atoms with Crippen LogP contribution >= 0.6 is 7.26 Å². The summed E-state index contributed by atoms with van der Waals surface area (Å²) in [6.07, 6.45) is 7.01. The summed E-state index contributed by atoms with van der Waals surface area (Å²) in [5.41, 5.74) is 2.60. The molecule has 4 rings (SSSR count). The molecule has 1 aliphatic carbocycles. The molecule has 3 aromatic rings. The van der Waals surface area contributed by atoms with Crippen LogP contribution in [0.15, 0.2) is 126 Å². The van der Waals surface area contributed by atoms with E-state index in [9.17, 15) is 9.90 Å². The third-order valence-electron chi connectivity index (χ3n) is 7.30. The van der Waals surface area contributed by atoms with Gasteiger partial charge < -0.3 is 22.1 Å². The molecule has 1 unspecified atom stereocenters. The summed E-state index contributed by atoms with van der Waals surface area (Å²) in [4.78, 5) is 12.4. The summed E-state index contributed by atoms with van der Waals surface area (Å²) in [7, 11) is -1.93. The third-order valence-corrected chi connectivity index (χ3v) is 11.6. The van der Waals surface area contributed by atoms with Crippen molar-refractivity contribution in [3.63, 3.8) is 0 Å². The number of aliphatic hydroxyl groups excluding tert-OH is 1. The zero-order valence-corrected chi connectivity index (χ0v) is 24.5. The second-order valence-electron chi connectivity index (χ2n) is 10.3.